The summed E-state index contributed by atoms with van der Waals surface area (Å²) in [6.45, 7) is 0. The lowest BCUT2D eigenvalue weighted by atomic mass is 10.6. The van der Waals surface area contributed by atoms with E-state index in [1.165, 1.54) is 0 Å². The van der Waals surface area contributed by atoms with E-state index in [4.69, 9.17) is 34.8 Å². The van der Waals surface area contributed by atoms with Gasteiger partial charge in [0.05, 0.1) is 0 Å². The normalized spacial score (nSPS) is 10.1. The van der Waals surface area contributed by atoms with E-state index in [0.717, 1.165) is 0 Å². The molecule has 11 heavy (non-hydrogen) atoms. The van der Waals surface area contributed by atoms with Gasteiger partial charge in [0.1, 0.15) is 5.02 Å². The summed E-state index contributed by atoms with van der Waals surface area (Å²) in [4.78, 5) is 11.7. The standard InChI is InChI=1S/C4HCl3N2O2/c5-1-2(6)4(9(10)11)8-3(1)7/h8H. The first-order chi connectivity index (χ1) is 5.04. The van der Waals surface area contributed by atoms with Crippen molar-refractivity contribution in [1.29, 1.82) is 0 Å². The minimum absolute atomic E-state index is 0.0247. The Bertz CT molecular complexity index is 309. The van der Waals surface area contributed by atoms with Crippen molar-refractivity contribution in [3.63, 3.8) is 0 Å². The van der Waals surface area contributed by atoms with Gasteiger partial charge in [-0.2, -0.15) is 0 Å². The Morgan fingerprint density at radius 1 is 1.27 bits per heavy atom. The van der Waals surface area contributed by atoms with Crippen LogP contribution in [0.5, 0.6) is 0 Å². The summed E-state index contributed by atoms with van der Waals surface area (Å²) >= 11 is 16.3. The molecule has 4 nitrogen and oxygen atoms in total. The number of H-pyrrole nitrogens is 1. The van der Waals surface area contributed by atoms with Gasteiger partial charge in [-0.25, -0.2) is 4.98 Å². The Morgan fingerprint density at radius 3 is 2.00 bits per heavy atom. The van der Waals surface area contributed by atoms with Gasteiger partial charge in [0.15, 0.2) is 5.02 Å². The predicted octanol–water partition coefficient (Wildman–Crippen LogP) is 2.88. The van der Waals surface area contributed by atoms with Gasteiger partial charge in [0.25, 0.3) is 0 Å². The van der Waals surface area contributed by atoms with Gasteiger partial charge in [-0.3, -0.25) is 0 Å². The first-order valence-electron chi connectivity index (χ1n) is 2.41. The third-order valence-corrected chi connectivity index (χ3v) is 2.23. The number of hydrogen-bond acceptors (Lipinski definition) is 2. The first-order valence-corrected chi connectivity index (χ1v) is 3.54. The number of halogens is 3. The molecule has 0 amide bonds. The lowest BCUT2D eigenvalue weighted by Gasteiger charge is -1.88. The van der Waals surface area contributed by atoms with Crippen LogP contribution < -0.4 is 0 Å². The summed E-state index contributed by atoms with van der Waals surface area (Å²) in [5, 5.41) is 9.94. The molecule has 0 saturated carbocycles. The van der Waals surface area contributed by atoms with E-state index in [0.29, 0.717) is 0 Å². The maximum Gasteiger partial charge on any atom is 0.342 e. The molecule has 0 unspecified atom stereocenters. The molecule has 1 aromatic rings. The molecule has 7 heteroatoms. The highest BCUT2D eigenvalue weighted by atomic mass is 35.5. The van der Waals surface area contributed by atoms with Gasteiger partial charge in [-0.15, -0.1) is 0 Å². The average molecular weight is 215 g/mol. The largest absolute Gasteiger partial charge is 0.358 e. The van der Waals surface area contributed by atoms with Gasteiger partial charge in [-0.05, 0) is 16.5 Å². The van der Waals surface area contributed by atoms with Gasteiger partial charge in [0.2, 0.25) is 5.15 Å². The fraction of sp³-hybridized carbons (Fsp3) is 0. The monoisotopic (exact) mass is 214 g/mol. The zero-order chi connectivity index (χ0) is 8.59. The summed E-state index contributed by atoms with van der Waals surface area (Å²) in [7, 11) is 0. The molecule has 1 N–H and O–H groups in total. The fourth-order valence-electron chi connectivity index (χ4n) is 0.540. The van der Waals surface area contributed by atoms with Crippen molar-refractivity contribution in [3.8, 4) is 0 Å². The lowest BCUT2D eigenvalue weighted by Crippen LogP contribution is -1.87. The summed E-state index contributed by atoms with van der Waals surface area (Å²) in [5.41, 5.74) is 0. The van der Waals surface area contributed by atoms with E-state index in [9.17, 15) is 10.1 Å². The smallest absolute Gasteiger partial charge is 0.342 e. The van der Waals surface area contributed by atoms with Gasteiger partial charge in [0, 0.05) is 0 Å². The van der Waals surface area contributed by atoms with E-state index < -0.39 is 4.92 Å². The molecule has 0 aromatic carbocycles. The minimum atomic E-state index is -0.694. The lowest BCUT2D eigenvalue weighted by molar-refractivity contribution is -0.389. The number of aromatic nitrogens is 1. The third kappa shape index (κ3) is 1.42. The van der Waals surface area contributed by atoms with Crippen LogP contribution in [0.4, 0.5) is 5.82 Å². The van der Waals surface area contributed by atoms with Crippen LogP contribution in [0.15, 0.2) is 0 Å². The molecule has 0 radical (unpaired) electrons. The SMILES string of the molecule is O=[N+]([O-])c1[nH]c(Cl)c(Cl)c1Cl. The number of hydrogen-bond donors (Lipinski definition) is 1. The van der Waals surface area contributed by atoms with Gasteiger partial charge < -0.3 is 10.1 Å². The molecule has 1 rings (SSSR count). The Hall–Kier alpha value is -0.450. The molecule has 0 bridgehead atoms. The van der Waals surface area contributed by atoms with Gasteiger partial charge >= 0.3 is 5.82 Å². The Kier molecular flexibility index (Phi) is 2.27. The number of nitrogens with zero attached hydrogens (tertiary/aromatic N) is 1. The second kappa shape index (κ2) is 2.89. The summed E-state index contributed by atoms with van der Waals surface area (Å²) < 4.78 is 0. The van der Waals surface area contributed by atoms with E-state index in [1.807, 2.05) is 0 Å². The summed E-state index contributed by atoms with van der Waals surface area (Å²) in [6.07, 6.45) is 0. The average Bonchev–Trinajstić information content (AvgIpc) is 2.17. The summed E-state index contributed by atoms with van der Waals surface area (Å²) in [5.74, 6) is -0.387. The molecule has 0 spiro atoms. The maximum atomic E-state index is 10.2. The predicted molar refractivity (Wildman–Crippen MR) is 42.5 cm³/mol. The highest BCUT2D eigenvalue weighted by Gasteiger charge is 2.21. The zero-order valence-corrected chi connectivity index (χ0v) is 7.17. The van der Waals surface area contributed by atoms with Crippen LogP contribution in [0.2, 0.25) is 15.2 Å². The molecule has 1 heterocycles. The first kappa shape index (κ1) is 8.64. The van der Waals surface area contributed by atoms with Gasteiger partial charge in [-0.1, -0.05) is 23.2 Å². The molecule has 60 valence electrons. The molecule has 0 aliphatic rings. The maximum absolute atomic E-state index is 10.2. The van der Waals surface area contributed by atoms with E-state index in [-0.39, 0.29) is 21.0 Å². The van der Waals surface area contributed by atoms with Crippen molar-refractivity contribution < 1.29 is 4.92 Å². The van der Waals surface area contributed by atoms with Crippen LogP contribution >= 0.6 is 34.8 Å². The van der Waals surface area contributed by atoms with Crippen LogP contribution in [0.1, 0.15) is 0 Å². The molecule has 0 aliphatic heterocycles. The molecule has 0 saturated heterocycles. The molecule has 0 fully saturated rings. The van der Waals surface area contributed by atoms with Crippen LogP contribution in [-0.4, -0.2) is 9.91 Å². The van der Waals surface area contributed by atoms with Crippen molar-refractivity contribution in [2.75, 3.05) is 0 Å². The number of nitro groups is 1. The minimum Gasteiger partial charge on any atom is -0.358 e. The van der Waals surface area contributed by atoms with Crippen LogP contribution in [-0.2, 0) is 0 Å². The van der Waals surface area contributed by atoms with Crippen LogP contribution in [0, 0.1) is 10.1 Å². The van der Waals surface area contributed by atoms with Crippen molar-refractivity contribution in [1.82, 2.24) is 4.98 Å². The highest BCUT2D eigenvalue weighted by Crippen LogP contribution is 2.36. The molecule has 1 aromatic heterocycles. The Balaban J connectivity index is 3.29. The summed E-state index contributed by atoms with van der Waals surface area (Å²) in [6, 6.07) is 0. The van der Waals surface area contributed by atoms with E-state index >= 15 is 0 Å². The molecule has 0 aliphatic carbocycles. The van der Waals surface area contributed by atoms with E-state index in [2.05, 4.69) is 4.98 Å². The zero-order valence-electron chi connectivity index (χ0n) is 4.90. The fourth-order valence-corrected chi connectivity index (χ4v) is 1.12. The Morgan fingerprint density at radius 2 is 1.82 bits per heavy atom. The van der Waals surface area contributed by atoms with Crippen LogP contribution in [0.3, 0.4) is 0 Å². The third-order valence-electron chi connectivity index (χ3n) is 1.00. The van der Waals surface area contributed by atoms with Crippen molar-refractivity contribution >= 4 is 40.6 Å². The second-order valence-corrected chi connectivity index (χ2v) is 2.81. The quantitative estimate of drug-likeness (QED) is 0.578. The van der Waals surface area contributed by atoms with E-state index in [1.54, 1.807) is 0 Å². The van der Waals surface area contributed by atoms with Crippen molar-refractivity contribution in [2.45, 2.75) is 0 Å². The number of aromatic amines is 1. The van der Waals surface area contributed by atoms with Crippen LogP contribution in [0.25, 0.3) is 0 Å². The Labute approximate surface area is 76.2 Å². The highest BCUT2D eigenvalue weighted by molar-refractivity contribution is 6.48. The number of rotatable bonds is 1. The van der Waals surface area contributed by atoms with Crippen molar-refractivity contribution in [2.24, 2.45) is 0 Å². The van der Waals surface area contributed by atoms with Crippen molar-refractivity contribution in [3.05, 3.63) is 25.3 Å². The molecular weight excluding hydrogens is 214 g/mol. The number of nitrogens with one attached hydrogen (secondary N) is 1. The molecular formula is C4HCl3N2O2. The topological polar surface area (TPSA) is 58.9 Å². The molecule has 0 atom stereocenters. The second-order valence-electron chi connectivity index (χ2n) is 1.67.